The van der Waals surface area contributed by atoms with Crippen LogP contribution in [-0.2, 0) is 10.3 Å². The quantitative estimate of drug-likeness (QED) is 0.848. The predicted molar refractivity (Wildman–Crippen MR) is 91.9 cm³/mol. The second-order valence-corrected chi connectivity index (χ2v) is 6.32. The molecular weight excluding hydrogens is 305 g/mol. The van der Waals surface area contributed by atoms with Crippen molar-refractivity contribution in [3.8, 4) is 0 Å². The van der Waals surface area contributed by atoms with Crippen LogP contribution in [-0.4, -0.2) is 24.7 Å². The Hall–Kier alpha value is -2.53. The number of rotatable bonds is 1. The molecule has 122 valence electrons. The molecule has 1 unspecified atom stereocenters. The van der Waals surface area contributed by atoms with E-state index < -0.39 is 5.54 Å². The highest BCUT2D eigenvalue weighted by Gasteiger charge is 2.48. The number of carbonyl (C=O) groups is 1. The molecule has 1 spiro atoms. The maximum Gasteiger partial charge on any atom is 0.249 e. The lowest BCUT2D eigenvalue weighted by atomic mass is 9.84. The van der Waals surface area contributed by atoms with Gasteiger partial charge in [0, 0.05) is 35.5 Å². The number of anilines is 1. The summed E-state index contributed by atoms with van der Waals surface area (Å²) in [4.78, 5) is 17.3. The van der Waals surface area contributed by atoms with Crippen LogP contribution < -0.4 is 10.6 Å². The lowest BCUT2D eigenvalue weighted by Crippen LogP contribution is -2.49. The van der Waals surface area contributed by atoms with Gasteiger partial charge in [0.05, 0.1) is 6.54 Å². The van der Waals surface area contributed by atoms with E-state index in [0.717, 1.165) is 16.8 Å². The predicted octanol–water partition coefficient (Wildman–Crippen LogP) is 2.76. The molecule has 4 nitrogen and oxygen atoms in total. The Balaban J connectivity index is 1.82. The molecule has 0 fully saturated rings. The smallest absolute Gasteiger partial charge is 0.249 e. The minimum Gasteiger partial charge on any atom is -0.324 e. The van der Waals surface area contributed by atoms with Gasteiger partial charge in [-0.25, -0.2) is 4.39 Å². The zero-order valence-electron chi connectivity index (χ0n) is 13.4. The Bertz CT molecular complexity index is 861. The fourth-order valence-electron chi connectivity index (χ4n) is 3.54. The van der Waals surface area contributed by atoms with Crippen LogP contribution in [0, 0.1) is 12.7 Å². The molecule has 24 heavy (non-hydrogen) atoms. The van der Waals surface area contributed by atoms with Gasteiger partial charge in [-0.2, -0.15) is 0 Å². The molecule has 4 rings (SSSR count). The summed E-state index contributed by atoms with van der Waals surface area (Å²) < 4.78 is 14.4. The molecule has 2 aliphatic rings. The summed E-state index contributed by atoms with van der Waals surface area (Å²) in [6, 6.07) is 12.6. The second kappa shape index (κ2) is 5.53. The Kier molecular flexibility index (Phi) is 3.46. The summed E-state index contributed by atoms with van der Waals surface area (Å²) in [6.07, 6.45) is 0.330. The normalized spacial score (nSPS) is 22.8. The van der Waals surface area contributed by atoms with E-state index in [-0.39, 0.29) is 11.7 Å². The van der Waals surface area contributed by atoms with Crippen LogP contribution in [0.4, 0.5) is 10.1 Å². The fraction of sp³-hybridized carbons (Fsp3) is 0.263. The number of benzene rings is 2. The molecule has 0 saturated heterocycles. The number of aliphatic imine (C=N–C) groups is 1. The third-order valence-corrected chi connectivity index (χ3v) is 4.73. The molecule has 5 heteroatoms. The summed E-state index contributed by atoms with van der Waals surface area (Å²) in [5, 5.41) is 6.28. The van der Waals surface area contributed by atoms with E-state index in [0.29, 0.717) is 30.8 Å². The van der Waals surface area contributed by atoms with Gasteiger partial charge >= 0.3 is 0 Å². The molecule has 1 atom stereocenters. The molecule has 2 aromatic rings. The van der Waals surface area contributed by atoms with E-state index in [4.69, 9.17) is 0 Å². The highest BCUT2D eigenvalue weighted by Crippen LogP contribution is 2.39. The van der Waals surface area contributed by atoms with Crippen molar-refractivity contribution in [3.63, 3.8) is 0 Å². The van der Waals surface area contributed by atoms with Crippen LogP contribution >= 0.6 is 0 Å². The molecule has 2 N–H and O–H groups in total. The molecule has 0 aromatic heterocycles. The number of amides is 1. The number of carbonyl (C=O) groups excluding carboxylic acids is 1. The van der Waals surface area contributed by atoms with Crippen molar-refractivity contribution in [1.29, 1.82) is 0 Å². The Morgan fingerprint density at radius 2 is 2.04 bits per heavy atom. The standard InChI is InChI=1S/C19H18FN3O/c1-12-6-7-15(20)13(10-12)17-11-19(22-9-8-21-17)14-4-2-3-5-16(14)23-18(19)24/h2-7,10,22H,8-9,11H2,1H3,(H,23,24). The molecule has 2 aromatic carbocycles. The number of fused-ring (bicyclic) bond motifs is 2. The molecule has 1 amide bonds. The zero-order valence-corrected chi connectivity index (χ0v) is 13.4. The van der Waals surface area contributed by atoms with Crippen LogP contribution in [0.1, 0.15) is 23.1 Å². The molecular formula is C19H18FN3O. The van der Waals surface area contributed by atoms with Gasteiger partial charge in [-0.3, -0.25) is 15.1 Å². The Morgan fingerprint density at radius 1 is 1.21 bits per heavy atom. The first kappa shape index (κ1) is 15.0. The summed E-state index contributed by atoms with van der Waals surface area (Å²) in [6.45, 7) is 3.00. The van der Waals surface area contributed by atoms with Crippen molar-refractivity contribution in [3.05, 3.63) is 65.0 Å². The van der Waals surface area contributed by atoms with Crippen LogP contribution in [0.2, 0.25) is 0 Å². The zero-order chi connectivity index (χ0) is 16.7. The molecule has 0 radical (unpaired) electrons. The average molecular weight is 323 g/mol. The number of hydrogen-bond acceptors (Lipinski definition) is 3. The first-order valence-corrected chi connectivity index (χ1v) is 8.06. The van der Waals surface area contributed by atoms with Gasteiger partial charge in [-0.15, -0.1) is 0 Å². The highest BCUT2D eigenvalue weighted by molar-refractivity contribution is 6.11. The van der Waals surface area contributed by atoms with Crippen molar-refractivity contribution in [2.45, 2.75) is 18.9 Å². The number of hydrogen-bond donors (Lipinski definition) is 2. The first-order chi connectivity index (χ1) is 11.6. The second-order valence-electron chi connectivity index (χ2n) is 6.32. The maximum absolute atomic E-state index is 14.4. The van der Waals surface area contributed by atoms with Gasteiger partial charge in [0.15, 0.2) is 0 Å². The van der Waals surface area contributed by atoms with Crippen molar-refractivity contribution < 1.29 is 9.18 Å². The van der Waals surface area contributed by atoms with Crippen LogP contribution in [0.25, 0.3) is 0 Å². The van der Waals surface area contributed by atoms with Crippen molar-refractivity contribution in [2.24, 2.45) is 4.99 Å². The van der Waals surface area contributed by atoms with E-state index >= 15 is 0 Å². The number of halogens is 1. The summed E-state index contributed by atoms with van der Waals surface area (Å²) in [7, 11) is 0. The molecule has 0 aliphatic carbocycles. The lowest BCUT2D eigenvalue weighted by molar-refractivity contribution is -0.121. The average Bonchev–Trinajstić information content (AvgIpc) is 2.74. The third kappa shape index (κ3) is 2.24. The molecule has 0 saturated carbocycles. The lowest BCUT2D eigenvalue weighted by Gasteiger charge is -2.27. The van der Waals surface area contributed by atoms with E-state index in [1.54, 1.807) is 12.1 Å². The summed E-state index contributed by atoms with van der Waals surface area (Å²) in [5.74, 6) is -0.408. The third-order valence-electron chi connectivity index (χ3n) is 4.73. The number of para-hydroxylation sites is 1. The Labute approximate surface area is 139 Å². The highest BCUT2D eigenvalue weighted by atomic mass is 19.1. The number of nitrogens with zero attached hydrogens (tertiary/aromatic N) is 1. The van der Waals surface area contributed by atoms with Gasteiger partial charge in [-0.05, 0) is 25.1 Å². The van der Waals surface area contributed by atoms with E-state index in [9.17, 15) is 9.18 Å². The molecule has 2 aliphatic heterocycles. The largest absolute Gasteiger partial charge is 0.324 e. The number of nitrogens with one attached hydrogen (secondary N) is 2. The van der Waals surface area contributed by atoms with Gasteiger partial charge < -0.3 is 5.32 Å². The monoisotopic (exact) mass is 323 g/mol. The van der Waals surface area contributed by atoms with Gasteiger partial charge in [-0.1, -0.05) is 29.8 Å². The SMILES string of the molecule is Cc1ccc(F)c(C2=NCCNC3(C2)C(=O)Nc2ccccc23)c1. The van der Waals surface area contributed by atoms with Crippen molar-refractivity contribution in [1.82, 2.24) is 5.32 Å². The van der Waals surface area contributed by atoms with Crippen LogP contribution in [0.5, 0.6) is 0 Å². The first-order valence-electron chi connectivity index (χ1n) is 8.06. The van der Waals surface area contributed by atoms with Gasteiger partial charge in [0.1, 0.15) is 11.4 Å². The molecule has 0 bridgehead atoms. The van der Waals surface area contributed by atoms with E-state index in [1.807, 2.05) is 31.2 Å². The van der Waals surface area contributed by atoms with E-state index in [2.05, 4.69) is 15.6 Å². The van der Waals surface area contributed by atoms with Crippen LogP contribution in [0.3, 0.4) is 0 Å². The number of aryl methyl sites for hydroxylation is 1. The Morgan fingerprint density at radius 3 is 2.92 bits per heavy atom. The van der Waals surface area contributed by atoms with Gasteiger partial charge in [0.25, 0.3) is 0 Å². The van der Waals surface area contributed by atoms with Gasteiger partial charge in [0.2, 0.25) is 5.91 Å². The summed E-state index contributed by atoms with van der Waals surface area (Å²) >= 11 is 0. The van der Waals surface area contributed by atoms with Crippen molar-refractivity contribution >= 4 is 17.3 Å². The minimum absolute atomic E-state index is 0.105. The maximum atomic E-state index is 14.4. The van der Waals surface area contributed by atoms with Crippen LogP contribution in [0.15, 0.2) is 47.5 Å². The summed E-state index contributed by atoms with van der Waals surface area (Å²) in [5.41, 5.74) is 2.90. The minimum atomic E-state index is -0.887. The topological polar surface area (TPSA) is 53.5 Å². The molecule has 2 heterocycles. The fourth-order valence-corrected chi connectivity index (χ4v) is 3.54. The van der Waals surface area contributed by atoms with Crippen molar-refractivity contribution in [2.75, 3.05) is 18.4 Å². The van der Waals surface area contributed by atoms with E-state index in [1.165, 1.54) is 6.07 Å².